The van der Waals surface area contributed by atoms with Gasteiger partial charge in [0.15, 0.2) is 5.60 Å². The van der Waals surface area contributed by atoms with Crippen LogP contribution in [-0.4, -0.2) is 61.3 Å². The van der Waals surface area contributed by atoms with E-state index in [2.05, 4.69) is 10.6 Å². The molecule has 0 aromatic heterocycles. The second-order valence-electron chi connectivity index (χ2n) is 4.17. The van der Waals surface area contributed by atoms with E-state index in [4.69, 9.17) is 5.11 Å². The summed E-state index contributed by atoms with van der Waals surface area (Å²) in [5.74, 6) is -1.49. The Kier molecular flexibility index (Phi) is 6.06. The van der Waals surface area contributed by atoms with Gasteiger partial charge in [0.1, 0.15) is 9.84 Å². The number of rotatable bonds is 7. The molecule has 2 amide bonds. The van der Waals surface area contributed by atoms with Crippen molar-refractivity contribution in [1.29, 1.82) is 0 Å². The fraction of sp³-hybridized carbons (Fsp3) is 0.778. The molecule has 18 heavy (non-hydrogen) atoms. The molecule has 1 unspecified atom stereocenters. The summed E-state index contributed by atoms with van der Waals surface area (Å²) in [5, 5.41) is 22.4. The lowest BCUT2D eigenvalue weighted by Gasteiger charge is -2.18. The van der Waals surface area contributed by atoms with Gasteiger partial charge in [0.05, 0.1) is 12.3 Å². The Morgan fingerprint density at radius 2 is 1.83 bits per heavy atom. The fourth-order valence-electron chi connectivity index (χ4n) is 0.927. The van der Waals surface area contributed by atoms with Crippen LogP contribution in [0.15, 0.2) is 0 Å². The maximum absolute atomic E-state index is 11.2. The van der Waals surface area contributed by atoms with Gasteiger partial charge in [0.2, 0.25) is 0 Å². The van der Waals surface area contributed by atoms with Gasteiger partial charge in [-0.25, -0.2) is 18.0 Å². The Hall–Kier alpha value is -1.35. The number of sulfone groups is 1. The molecule has 0 aromatic rings. The highest BCUT2D eigenvalue weighted by Crippen LogP contribution is 2.00. The number of urea groups is 1. The van der Waals surface area contributed by atoms with E-state index in [1.165, 1.54) is 0 Å². The molecule has 0 aliphatic heterocycles. The first-order valence-corrected chi connectivity index (χ1v) is 7.26. The molecule has 4 N–H and O–H groups in total. The maximum Gasteiger partial charge on any atom is 0.337 e. The summed E-state index contributed by atoms with van der Waals surface area (Å²) in [6.07, 6.45) is 1.36. The third-order valence-corrected chi connectivity index (χ3v) is 3.06. The summed E-state index contributed by atoms with van der Waals surface area (Å²) in [4.78, 5) is 21.7. The molecule has 0 bridgehead atoms. The molecule has 9 heteroatoms. The molecule has 1 atom stereocenters. The SMILES string of the molecule is CC(O)(CNC(=O)NCCCS(C)(=O)=O)C(=O)O. The summed E-state index contributed by atoms with van der Waals surface area (Å²) in [7, 11) is -3.06. The zero-order chi connectivity index (χ0) is 14.4. The van der Waals surface area contributed by atoms with E-state index in [1.807, 2.05) is 0 Å². The molecule has 0 radical (unpaired) electrons. The van der Waals surface area contributed by atoms with Crippen LogP contribution >= 0.6 is 0 Å². The highest BCUT2D eigenvalue weighted by Gasteiger charge is 2.30. The van der Waals surface area contributed by atoms with Crippen molar-refractivity contribution in [2.75, 3.05) is 25.1 Å². The molecule has 0 aliphatic rings. The third kappa shape index (κ3) is 7.85. The standard InChI is InChI=1S/C9H18N2O6S/c1-9(15,7(12)13)6-11-8(14)10-4-3-5-18(2,16)17/h15H,3-6H2,1-2H3,(H,12,13)(H2,10,11,14). The molecule has 0 saturated heterocycles. The quantitative estimate of drug-likeness (QED) is 0.422. The zero-order valence-corrected chi connectivity index (χ0v) is 11.1. The smallest absolute Gasteiger partial charge is 0.337 e. The molecule has 0 spiro atoms. The lowest BCUT2D eigenvalue weighted by Crippen LogP contribution is -2.49. The van der Waals surface area contributed by atoms with Crippen LogP contribution in [0.2, 0.25) is 0 Å². The maximum atomic E-state index is 11.2. The van der Waals surface area contributed by atoms with Crippen LogP contribution in [0.1, 0.15) is 13.3 Å². The topological polar surface area (TPSA) is 133 Å². The molecule has 0 aromatic carbocycles. The largest absolute Gasteiger partial charge is 0.479 e. The number of hydrogen-bond donors (Lipinski definition) is 4. The summed E-state index contributed by atoms with van der Waals surface area (Å²) >= 11 is 0. The average molecular weight is 282 g/mol. The van der Waals surface area contributed by atoms with Gasteiger partial charge in [0.25, 0.3) is 0 Å². The number of aliphatic hydroxyl groups is 1. The van der Waals surface area contributed by atoms with Crippen LogP contribution in [-0.2, 0) is 14.6 Å². The average Bonchev–Trinajstić information content (AvgIpc) is 2.20. The highest BCUT2D eigenvalue weighted by molar-refractivity contribution is 7.90. The van der Waals surface area contributed by atoms with E-state index in [0.29, 0.717) is 0 Å². The molecule has 0 heterocycles. The van der Waals surface area contributed by atoms with Crippen molar-refractivity contribution in [2.45, 2.75) is 18.9 Å². The predicted molar refractivity (Wildman–Crippen MR) is 64.0 cm³/mol. The Morgan fingerprint density at radius 1 is 1.28 bits per heavy atom. The Balaban J connectivity index is 3.83. The number of amides is 2. The highest BCUT2D eigenvalue weighted by atomic mass is 32.2. The second-order valence-corrected chi connectivity index (χ2v) is 6.43. The number of hydrogen-bond acceptors (Lipinski definition) is 5. The Bertz CT molecular complexity index is 403. The van der Waals surface area contributed by atoms with E-state index >= 15 is 0 Å². The van der Waals surface area contributed by atoms with Gasteiger partial charge in [-0.1, -0.05) is 0 Å². The van der Waals surface area contributed by atoms with E-state index in [1.54, 1.807) is 0 Å². The summed E-state index contributed by atoms with van der Waals surface area (Å²) in [5.41, 5.74) is -2.04. The van der Waals surface area contributed by atoms with Gasteiger partial charge in [-0.15, -0.1) is 0 Å². The van der Waals surface area contributed by atoms with E-state index in [0.717, 1.165) is 13.2 Å². The lowest BCUT2D eigenvalue weighted by molar-refractivity contribution is -0.155. The van der Waals surface area contributed by atoms with Gasteiger partial charge in [-0.3, -0.25) is 0 Å². The molecule has 8 nitrogen and oxygen atoms in total. The summed E-state index contributed by atoms with van der Waals surface area (Å²) in [6, 6.07) is -0.662. The molecule has 0 fully saturated rings. The van der Waals surface area contributed by atoms with Gasteiger partial charge in [0, 0.05) is 12.8 Å². The van der Waals surface area contributed by atoms with Crippen molar-refractivity contribution in [2.24, 2.45) is 0 Å². The van der Waals surface area contributed by atoms with E-state index in [9.17, 15) is 23.1 Å². The number of nitrogens with one attached hydrogen (secondary N) is 2. The lowest BCUT2D eigenvalue weighted by atomic mass is 10.1. The number of aliphatic carboxylic acids is 1. The van der Waals surface area contributed by atoms with Crippen LogP contribution in [0, 0.1) is 0 Å². The molecular formula is C9H18N2O6S. The summed E-state index contributed by atoms with van der Waals surface area (Å²) < 4.78 is 21.6. The first-order chi connectivity index (χ1) is 8.04. The van der Waals surface area contributed by atoms with E-state index in [-0.39, 0.29) is 18.7 Å². The number of carboxylic acid groups (broad SMARTS) is 1. The van der Waals surface area contributed by atoms with Crippen molar-refractivity contribution in [3.63, 3.8) is 0 Å². The zero-order valence-electron chi connectivity index (χ0n) is 10.3. The first kappa shape index (κ1) is 16.6. The van der Waals surface area contributed by atoms with Crippen molar-refractivity contribution >= 4 is 21.8 Å². The van der Waals surface area contributed by atoms with Crippen molar-refractivity contribution in [3.8, 4) is 0 Å². The molecule has 106 valence electrons. The Labute approximate surface area is 105 Å². The molecule has 0 rings (SSSR count). The van der Waals surface area contributed by atoms with Gasteiger partial charge < -0.3 is 20.8 Å². The van der Waals surface area contributed by atoms with Crippen LogP contribution in [0.4, 0.5) is 4.79 Å². The van der Waals surface area contributed by atoms with Crippen molar-refractivity contribution < 1.29 is 28.2 Å². The fourth-order valence-corrected chi connectivity index (χ4v) is 1.60. The molecular weight excluding hydrogens is 264 g/mol. The predicted octanol–water partition coefficient (Wildman–Crippen LogP) is -1.44. The Morgan fingerprint density at radius 3 is 2.28 bits per heavy atom. The number of carboxylic acids is 1. The van der Waals surface area contributed by atoms with Gasteiger partial charge >= 0.3 is 12.0 Å². The van der Waals surface area contributed by atoms with E-state index < -0.39 is 34.0 Å². The van der Waals surface area contributed by atoms with Crippen LogP contribution < -0.4 is 10.6 Å². The van der Waals surface area contributed by atoms with Crippen LogP contribution in [0.3, 0.4) is 0 Å². The van der Waals surface area contributed by atoms with Crippen molar-refractivity contribution in [1.82, 2.24) is 10.6 Å². The van der Waals surface area contributed by atoms with Gasteiger partial charge in [-0.2, -0.15) is 0 Å². The summed E-state index contributed by atoms with van der Waals surface area (Å²) in [6.45, 7) is 0.758. The van der Waals surface area contributed by atoms with Gasteiger partial charge in [-0.05, 0) is 13.3 Å². The van der Waals surface area contributed by atoms with Crippen LogP contribution in [0.25, 0.3) is 0 Å². The molecule has 0 saturated carbocycles. The minimum absolute atomic E-state index is 0.0415. The minimum Gasteiger partial charge on any atom is -0.479 e. The third-order valence-electron chi connectivity index (χ3n) is 2.03. The monoisotopic (exact) mass is 282 g/mol. The normalized spacial score (nSPS) is 14.6. The second kappa shape index (κ2) is 6.55. The number of carbonyl (C=O) groups excluding carboxylic acids is 1. The van der Waals surface area contributed by atoms with Crippen molar-refractivity contribution in [3.05, 3.63) is 0 Å². The first-order valence-electron chi connectivity index (χ1n) is 5.20. The minimum atomic E-state index is -3.06. The number of carbonyl (C=O) groups is 2. The van der Waals surface area contributed by atoms with Crippen LogP contribution in [0.5, 0.6) is 0 Å². The molecule has 0 aliphatic carbocycles.